The summed E-state index contributed by atoms with van der Waals surface area (Å²) >= 11 is 0. The first-order valence-electron chi connectivity index (χ1n) is 8.90. The predicted molar refractivity (Wildman–Crippen MR) is 91.1 cm³/mol. The molecule has 0 aromatic carbocycles. The van der Waals surface area contributed by atoms with Gasteiger partial charge in [-0.2, -0.15) is 0 Å². The van der Waals surface area contributed by atoms with Crippen molar-refractivity contribution in [2.24, 2.45) is 0 Å². The molecule has 0 spiro atoms. The van der Waals surface area contributed by atoms with Gasteiger partial charge >= 0.3 is 0 Å². The molecule has 4 heteroatoms. The molecule has 0 aliphatic carbocycles. The molecule has 1 radical (unpaired) electrons. The van der Waals surface area contributed by atoms with E-state index in [0.29, 0.717) is 25.0 Å². The Balaban J connectivity index is 3.62. The van der Waals surface area contributed by atoms with Gasteiger partial charge < -0.3 is 0 Å². The summed E-state index contributed by atoms with van der Waals surface area (Å²) in [5.74, 6) is 0. The Morgan fingerprint density at radius 2 is 1.55 bits per heavy atom. The maximum atomic E-state index is 11.0. The normalized spacial score (nSPS) is 11.6. The van der Waals surface area contributed by atoms with E-state index in [-0.39, 0.29) is 4.92 Å². The van der Waals surface area contributed by atoms with Gasteiger partial charge in [0.15, 0.2) is 6.29 Å². The molecular formula is C18H32NO3. The zero-order chi connectivity index (χ0) is 16.5. The van der Waals surface area contributed by atoms with Gasteiger partial charge in [0, 0.05) is 12.8 Å². The van der Waals surface area contributed by atoms with Crippen LogP contribution in [0.25, 0.3) is 0 Å². The van der Waals surface area contributed by atoms with E-state index in [1.165, 1.54) is 44.9 Å². The van der Waals surface area contributed by atoms with Gasteiger partial charge in [-0.3, -0.25) is 14.9 Å². The molecule has 0 aliphatic heterocycles. The van der Waals surface area contributed by atoms with Crippen molar-refractivity contribution in [3.05, 3.63) is 21.9 Å². The van der Waals surface area contributed by atoms with Gasteiger partial charge in [-0.05, 0) is 31.8 Å². The Morgan fingerprint density at radius 1 is 0.955 bits per heavy atom. The number of rotatable bonds is 16. The van der Waals surface area contributed by atoms with Crippen LogP contribution in [0, 0.1) is 10.1 Å². The molecule has 0 bridgehead atoms. The Bertz CT molecular complexity index is 313. The molecule has 0 atom stereocenters. The summed E-state index contributed by atoms with van der Waals surface area (Å²) < 4.78 is 0. The number of hydrogen-bond acceptors (Lipinski definition) is 3. The molecule has 0 amide bonds. The molecule has 0 saturated carbocycles. The van der Waals surface area contributed by atoms with Crippen molar-refractivity contribution in [3.63, 3.8) is 0 Å². The maximum Gasteiger partial charge on any atom is 0.242 e. The molecule has 0 rings (SSSR count). The number of hydrogen-bond donors (Lipinski definition) is 0. The second kappa shape index (κ2) is 16.2. The maximum absolute atomic E-state index is 11.0. The van der Waals surface area contributed by atoms with Crippen LogP contribution in [-0.4, -0.2) is 11.2 Å². The first-order chi connectivity index (χ1) is 10.7. The average Bonchev–Trinajstić information content (AvgIpc) is 2.50. The van der Waals surface area contributed by atoms with Gasteiger partial charge in [-0.25, -0.2) is 0 Å². The fraction of sp³-hybridized carbons (Fsp3) is 0.833. The number of nitro groups is 1. The molecule has 0 aliphatic rings. The van der Waals surface area contributed by atoms with Crippen LogP contribution in [-0.2, 0) is 4.79 Å². The molecule has 0 fully saturated rings. The molecule has 127 valence electrons. The Kier molecular flexibility index (Phi) is 15.3. The standard InChI is InChI=1S/C18H32NO3/c1-2-3-4-5-6-7-8-9-12-15-18(19(21)22)16-13-10-11-14-17-20/h16H,2-15H2,1H3/b18-16-. The van der Waals surface area contributed by atoms with E-state index in [1.54, 1.807) is 6.08 Å². The number of carbonyl (C=O) groups excluding carboxylic acids is 1. The van der Waals surface area contributed by atoms with E-state index in [2.05, 4.69) is 6.92 Å². The summed E-state index contributed by atoms with van der Waals surface area (Å²) in [5, 5.41) is 11.0. The molecule has 0 aromatic heterocycles. The van der Waals surface area contributed by atoms with Crippen molar-refractivity contribution in [1.82, 2.24) is 0 Å². The largest absolute Gasteiger partial charge is 0.291 e. The first kappa shape index (κ1) is 20.8. The highest BCUT2D eigenvalue weighted by atomic mass is 16.6. The SMILES string of the molecule is CCCCCCCCCCC/C(=C/CCCC[C]=O)[N+](=O)[O-]. The number of unbranched alkanes of at least 4 members (excludes halogenated alkanes) is 11. The third-order valence-corrected chi connectivity index (χ3v) is 3.88. The third-order valence-electron chi connectivity index (χ3n) is 3.88. The van der Waals surface area contributed by atoms with E-state index in [1.807, 2.05) is 6.29 Å². The quantitative estimate of drug-likeness (QED) is 0.207. The van der Waals surface area contributed by atoms with Gasteiger partial charge in [0.05, 0.1) is 4.92 Å². The predicted octanol–water partition coefficient (Wildman–Crippen LogP) is 5.74. The summed E-state index contributed by atoms with van der Waals surface area (Å²) in [5.41, 5.74) is 0.345. The Labute approximate surface area is 135 Å². The number of allylic oxidation sites excluding steroid dienone is 2. The van der Waals surface area contributed by atoms with Crippen LogP contribution in [0.15, 0.2) is 11.8 Å². The molecule has 4 nitrogen and oxygen atoms in total. The van der Waals surface area contributed by atoms with E-state index in [9.17, 15) is 14.9 Å². The first-order valence-corrected chi connectivity index (χ1v) is 8.90. The minimum Gasteiger partial charge on any atom is -0.291 e. The molecule has 0 aromatic rings. The highest BCUT2D eigenvalue weighted by Crippen LogP contribution is 2.15. The lowest BCUT2D eigenvalue weighted by Crippen LogP contribution is -1.99. The van der Waals surface area contributed by atoms with Crippen LogP contribution in [0.4, 0.5) is 0 Å². The molecule has 0 saturated heterocycles. The van der Waals surface area contributed by atoms with E-state index in [0.717, 1.165) is 25.7 Å². The lowest BCUT2D eigenvalue weighted by molar-refractivity contribution is -0.428. The van der Waals surface area contributed by atoms with Crippen molar-refractivity contribution in [3.8, 4) is 0 Å². The highest BCUT2D eigenvalue weighted by molar-refractivity contribution is 5.50. The minimum absolute atomic E-state index is 0.253. The van der Waals surface area contributed by atoms with Crippen molar-refractivity contribution in [2.45, 2.75) is 96.8 Å². The second-order valence-electron chi connectivity index (χ2n) is 5.92. The van der Waals surface area contributed by atoms with Crippen molar-refractivity contribution in [2.75, 3.05) is 0 Å². The smallest absolute Gasteiger partial charge is 0.242 e. The molecular weight excluding hydrogens is 278 g/mol. The summed E-state index contributed by atoms with van der Waals surface area (Å²) in [6, 6.07) is 0. The van der Waals surface area contributed by atoms with Crippen molar-refractivity contribution >= 4 is 6.29 Å². The van der Waals surface area contributed by atoms with Gasteiger partial charge in [0.1, 0.15) is 0 Å². The highest BCUT2D eigenvalue weighted by Gasteiger charge is 2.09. The van der Waals surface area contributed by atoms with Crippen LogP contribution in [0.2, 0.25) is 0 Å². The lowest BCUT2D eigenvalue weighted by atomic mass is 10.1. The number of nitrogens with zero attached hydrogens (tertiary/aromatic N) is 1. The van der Waals surface area contributed by atoms with Gasteiger partial charge in [-0.15, -0.1) is 0 Å². The molecule has 0 unspecified atom stereocenters. The summed E-state index contributed by atoms with van der Waals surface area (Å²) in [4.78, 5) is 20.8. The van der Waals surface area contributed by atoms with Gasteiger partial charge in [0.25, 0.3) is 0 Å². The van der Waals surface area contributed by atoms with Crippen LogP contribution in [0.3, 0.4) is 0 Å². The molecule has 22 heavy (non-hydrogen) atoms. The van der Waals surface area contributed by atoms with E-state index >= 15 is 0 Å². The summed E-state index contributed by atoms with van der Waals surface area (Å²) in [6.45, 7) is 2.22. The Morgan fingerprint density at radius 3 is 2.09 bits per heavy atom. The fourth-order valence-corrected chi connectivity index (χ4v) is 2.49. The summed E-state index contributed by atoms with van der Waals surface area (Å²) in [6.07, 6.45) is 17.9. The van der Waals surface area contributed by atoms with Crippen LogP contribution >= 0.6 is 0 Å². The van der Waals surface area contributed by atoms with Gasteiger partial charge in [-0.1, -0.05) is 58.3 Å². The second-order valence-corrected chi connectivity index (χ2v) is 5.92. The van der Waals surface area contributed by atoms with Crippen molar-refractivity contribution in [1.29, 1.82) is 0 Å². The van der Waals surface area contributed by atoms with Gasteiger partial charge in [0.2, 0.25) is 5.70 Å². The lowest BCUT2D eigenvalue weighted by Gasteiger charge is -2.02. The fourth-order valence-electron chi connectivity index (χ4n) is 2.49. The molecule has 0 heterocycles. The van der Waals surface area contributed by atoms with Crippen LogP contribution in [0.1, 0.15) is 96.8 Å². The Hall–Kier alpha value is -1.19. The molecule has 0 N–H and O–H groups in total. The average molecular weight is 310 g/mol. The van der Waals surface area contributed by atoms with Crippen LogP contribution in [0.5, 0.6) is 0 Å². The topological polar surface area (TPSA) is 60.2 Å². The zero-order valence-electron chi connectivity index (χ0n) is 14.1. The monoisotopic (exact) mass is 310 g/mol. The van der Waals surface area contributed by atoms with Crippen molar-refractivity contribution < 1.29 is 9.72 Å². The van der Waals surface area contributed by atoms with E-state index < -0.39 is 0 Å². The summed E-state index contributed by atoms with van der Waals surface area (Å²) in [7, 11) is 0. The minimum atomic E-state index is -0.253. The third kappa shape index (κ3) is 13.8. The van der Waals surface area contributed by atoms with Crippen LogP contribution < -0.4 is 0 Å². The zero-order valence-corrected chi connectivity index (χ0v) is 14.1. The van der Waals surface area contributed by atoms with E-state index in [4.69, 9.17) is 0 Å².